The fourth-order valence-corrected chi connectivity index (χ4v) is 6.42. The summed E-state index contributed by atoms with van der Waals surface area (Å²) in [6.45, 7) is 6.86. The van der Waals surface area contributed by atoms with Gasteiger partial charge in [-0.3, -0.25) is 0 Å². The number of benzene rings is 1. The summed E-state index contributed by atoms with van der Waals surface area (Å²) >= 11 is 6.04. The lowest BCUT2D eigenvalue weighted by Crippen LogP contribution is -2.11. The zero-order valence-electron chi connectivity index (χ0n) is 10.2. The topological polar surface area (TPSA) is 26.3 Å². The Bertz CT molecular complexity index is 418. The van der Waals surface area contributed by atoms with Gasteiger partial charge in [-0.1, -0.05) is 42.0 Å². The van der Waals surface area contributed by atoms with Crippen LogP contribution in [0, 0.1) is 0 Å². The lowest BCUT2D eigenvalue weighted by atomic mass is 10.2. The molecule has 0 N–H and O–H groups in total. The Labute approximate surface area is 116 Å². The monoisotopic (exact) mass is 306 g/mol. The normalized spacial score (nSPS) is 11.4. The van der Waals surface area contributed by atoms with Crippen molar-refractivity contribution in [1.82, 2.24) is 0 Å². The van der Waals surface area contributed by atoms with E-state index in [0.29, 0.717) is 10.6 Å². The molecule has 1 aromatic carbocycles. The van der Waals surface area contributed by atoms with E-state index in [4.69, 9.17) is 11.6 Å². The first-order chi connectivity index (χ1) is 7.83. The predicted molar refractivity (Wildman–Crippen MR) is 79.6 cm³/mol. The van der Waals surface area contributed by atoms with Gasteiger partial charge in [-0.05, 0) is 18.2 Å². The van der Waals surface area contributed by atoms with Crippen molar-refractivity contribution in [3.8, 4) is 0 Å². The minimum absolute atomic E-state index is 0.399. The van der Waals surface area contributed by atoms with E-state index in [1.807, 2.05) is 22.4 Å². The molecule has 0 radical (unpaired) electrons. The van der Waals surface area contributed by atoms with Crippen LogP contribution in [0.25, 0.3) is 0 Å². The summed E-state index contributed by atoms with van der Waals surface area (Å²) in [7, 11) is 3.80. The number of rotatable bonds is 4. The molecule has 0 aliphatic carbocycles. The van der Waals surface area contributed by atoms with Crippen molar-refractivity contribution < 1.29 is 9.53 Å². The Morgan fingerprint density at radius 2 is 2.00 bits per heavy atom. The molecule has 0 amide bonds. The van der Waals surface area contributed by atoms with E-state index in [2.05, 4.69) is 24.4 Å². The second-order valence-corrected chi connectivity index (χ2v) is 16.0. The third kappa shape index (κ3) is 4.95. The van der Waals surface area contributed by atoms with Crippen molar-refractivity contribution in [2.75, 3.05) is 7.11 Å². The molecule has 6 heteroatoms. The standard InChI is InChI=1S/C11H15ClO2S2Si/c1-14-11(13)9-6-5-8(7-10(9)12)15-16-17(2,3)4/h5-7H,1-4H3. The van der Waals surface area contributed by atoms with Crippen molar-refractivity contribution in [2.45, 2.75) is 24.5 Å². The highest BCUT2D eigenvalue weighted by Gasteiger charge is 2.16. The SMILES string of the molecule is COC(=O)c1ccc(SS[Si](C)(C)C)cc1Cl. The first-order valence-corrected chi connectivity index (χ1v) is 11.8. The maximum Gasteiger partial charge on any atom is 0.339 e. The molecule has 0 aromatic heterocycles. The molecular formula is C11H15ClO2S2Si. The summed E-state index contributed by atoms with van der Waals surface area (Å²) in [5, 5.41) is 0.443. The van der Waals surface area contributed by atoms with Gasteiger partial charge in [0.1, 0.15) is 7.22 Å². The summed E-state index contributed by atoms with van der Waals surface area (Å²) in [5.74, 6) is -0.399. The number of esters is 1. The molecule has 0 unspecified atom stereocenters. The van der Waals surface area contributed by atoms with Crippen LogP contribution in [0.4, 0.5) is 0 Å². The molecule has 0 bridgehead atoms. The van der Waals surface area contributed by atoms with Crippen molar-refractivity contribution in [2.24, 2.45) is 0 Å². The average Bonchev–Trinajstić information content (AvgIpc) is 2.24. The van der Waals surface area contributed by atoms with Crippen LogP contribution < -0.4 is 0 Å². The molecule has 0 heterocycles. The summed E-state index contributed by atoms with van der Waals surface area (Å²) in [6, 6.07) is 5.42. The number of hydrogen-bond acceptors (Lipinski definition) is 4. The number of carbonyl (C=O) groups is 1. The van der Waals surface area contributed by atoms with E-state index >= 15 is 0 Å². The zero-order valence-corrected chi connectivity index (χ0v) is 13.6. The maximum absolute atomic E-state index is 11.4. The van der Waals surface area contributed by atoms with Gasteiger partial charge < -0.3 is 4.74 Å². The minimum Gasteiger partial charge on any atom is -0.465 e. The summed E-state index contributed by atoms with van der Waals surface area (Å²) < 4.78 is 4.64. The van der Waals surface area contributed by atoms with E-state index < -0.39 is 13.2 Å². The molecule has 94 valence electrons. The van der Waals surface area contributed by atoms with Crippen molar-refractivity contribution in [3.05, 3.63) is 28.8 Å². The van der Waals surface area contributed by atoms with Crippen LogP contribution >= 0.6 is 32.6 Å². The van der Waals surface area contributed by atoms with Crippen LogP contribution in [0.5, 0.6) is 0 Å². The highest BCUT2D eigenvalue weighted by molar-refractivity contribution is 8.87. The van der Waals surface area contributed by atoms with Crippen LogP contribution in [-0.4, -0.2) is 20.3 Å². The molecule has 0 saturated carbocycles. The Morgan fingerprint density at radius 1 is 1.35 bits per heavy atom. The number of methoxy groups -OCH3 is 1. The van der Waals surface area contributed by atoms with Crippen molar-refractivity contribution in [3.63, 3.8) is 0 Å². The van der Waals surface area contributed by atoms with Crippen molar-refractivity contribution >= 4 is 45.8 Å². The molecule has 2 nitrogen and oxygen atoms in total. The molecule has 0 spiro atoms. The van der Waals surface area contributed by atoms with Gasteiger partial charge in [0.15, 0.2) is 0 Å². The van der Waals surface area contributed by atoms with E-state index in [1.54, 1.807) is 16.9 Å². The minimum atomic E-state index is -1.15. The van der Waals surface area contributed by atoms with E-state index in [-0.39, 0.29) is 0 Å². The molecule has 0 aliphatic heterocycles. The summed E-state index contributed by atoms with van der Waals surface area (Å²) in [6.07, 6.45) is 0. The Hall–Kier alpha value is -0.103. The summed E-state index contributed by atoms with van der Waals surface area (Å²) in [5.41, 5.74) is 0.413. The second-order valence-electron chi connectivity index (χ2n) is 4.41. The highest BCUT2D eigenvalue weighted by atomic mass is 35.5. The van der Waals surface area contributed by atoms with E-state index in [9.17, 15) is 4.79 Å². The molecular weight excluding hydrogens is 292 g/mol. The number of hydrogen-bond donors (Lipinski definition) is 0. The molecule has 0 fully saturated rings. The van der Waals surface area contributed by atoms with Gasteiger partial charge in [0, 0.05) is 4.90 Å². The van der Waals surface area contributed by atoms with Crippen LogP contribution in [0.2, 0.25) is 24.7 Å². The highest BCUT2D eigenvalue weighted by Crippen LogP contribution is 2.39. The van der Waals surface area contributed by atoms with Crippen LogP contribution in [-0.2, 0) is 4.74 Å². The first kappa shape index (κ1) is 15.0. The zero-order chi connectivity index (χ0) is 13.1. The average molecular weight is 307 g/mol. The van der Waals surface area contributed by atoms with Crippen LogP contribution in [0.15, 0.2) is 23.1 Å². The number of carbonyl (C=O) groups excluding carboxylic acids is 1. The molecule has 0 atom stereocenters. The third-order valence-electron chi connectivity index (χ3n) is 1.73. The van der Waals surface area contributed by atoms with Crippen LogP contribution in [0.3, 0.4) is 0 Å². The van der Waals surface area contributed by atoms with E-state index in [1.165, 1.54) is 7.11 Å². The second kappa shape index (κ2) is 6.18. The summed E-state index contributed by atoms with van der Waals surface area (Å²) in [4.78, 5) is 12.4. The lowest BCUT2D eigenvalue weighted by molar-refractivity contribution is 0.0601. The van der Waals surface area contributed by atoms with Gasteiger partial charge in [-0.25, -0.2) is 4.79 Å². The van der Waals surface area contributed by atoms with Gasteiger partial charge >= 0.3 is 5.97 Å². The fourth-order valence-electron chi connectivity index (χ4n) is 0.996. The molecule has 1 rings (SSSR count). The molecule has 0 saturated heterocycles. The van der Waals surface area contributed by atoms with Gasteiger partial charge in [-0.15, -0.1) is 10.2 Å². The van der Waals surface area contributed by atoms with Crippen LogP contribution in [0.1, 0.15) is 10.4 Å². The smallest absolute Gasteiger partial charge is 0.339 e. The maximum atomic E-state index is 11.4. The van der Waals surface area contributed by atoms with Crippen molar-refractivity contribution in [1.29, 1.82) is 0 Å². The third-order valence-corrected chi connectivity index (χ3v) is 10.7. The lowest BCUT2D eigenvalue weighted by Gasteiger charge is -2.14. The Kier molecular flexibility index (Phi) is 5.43. The molecule has 17 heavy (non-hydrogen) atoms. The van der Waals surface area contributed by atoms with Gasteiger partial charge in [0.2, 0.25) is 0 Å². The van der Waals surface area contributed by atoms with Gasteiger partial charge in [0.05, 0.1) is 17.7 Å². The van der Waals surface area contributed by atoms with E-state index in [0.717, 1.165) is 4.90 Å². The number of ether oxygens (including phenoxy) is 1. The van der Waals surface area contributed by atoms with Gasteiger partial charge in [0.25, 0.3) is 0 Å². The molecule has 1 aromatic rings. The Morgan fingerprint density at radius 3 is 2.47 bits per heavy atom. The quantitative estimate of drug-likeness (QED) is 0.457. The Balaban J connectivity index is 2.79. The predicted octanol–water partition coefficient (Wildman–Crippen LogP) is 4.70. The van der Waals surface area contributed by atoms with Gasteiger partial charge in [-0.2, -0.15) is 0 Å². The largest absolute Gasteiger partial charge is 0.465 e. The fraction of sp³-hybridized carbons (Fsp3) is 0.364. The first-order valence-electron chi connectivity index (χ1n) is 5.07. The number of halogens is 1. The molecule has 0 aliphatic rings.